The van der Waals surface area contributed by atoms with Gasteiger partial charge in [-0.25, -0.2) is 4.79 Å². The molecule has 1 spiro atoms. The number of nitrogens with zero attached hydrogens (tertiary/aromatic N) is 1. The SMILES string of the molecule is CCOC(=O)/C(O)=C/C(=O)N1CCC2(CC1)OCCO2. The summed E-state index contributed by atoms with van der Waals surface area (Å²) in [5.74, 6) is -2.53. The van der Waals surface area contributed by atoms with Crippen molar-refractivity contribution in [3.05, 3.63) is 11.8 Å². The number of carbonyl (C=O) groups excluding carboxylic acids is 2. The molecule has 2 heterocycles. The van der Waals surface area contributed by atoms with E-state index in [1.54, 1.807) is 11.8 Å². The topological polar surface area (TPSA) is 85.3 Å². The third-order valence-electron chi connectivity index (χ3n) is 3.40. The lowest BCUT2D eigenvalue weighted by atomic mass is 10.0. The standard InChI is InChI=1S/C13H19NO6/c1-2-18-12(17)10(15)9-11(16)14-5-3-13(4-6-14)19-7-8-20-13/h9,15H,2-8H2,1H3/b10-9-. The number of rotatable bonds is 3. The van der Waals surface area contributed by atoms with Crippen molar-refractivity contribution in [1.82, 2.24) is 4.90 Å². The second-order valence-corrected chi connectivity index (χ2v) is 4.68. The number of likely N-dealkylation sites (tertiary alicyclic amines) is 1. The van der Waals surface area contributed by atoms with E-state index in [0.29, 0.717) is 39.1 Å². The van der Waals surface area contributed by atoms with Crippen molar-refractivity contribution < 1.29 is 28.9 Å². The average Bonchev–Trinajstić information content (AvgIpc) is 2.88. The first-order valence-corrected chi connectivity index (χ1v) is 6.71. The highest BCUT2D eigenvalue weighted by Gasteiger charge is 2.40. The van der Waals surface area contributed by atoms with Gasteiger partial charge in [0.15, 0.2) is 5.79 Å². The predicted octanol–water partition coefficient (Wildman–Crippen LogP) is 0.357. The molecule has 2 saturated heterocycles. The minimum Gasteiger partial charge on any atom is -0.502 e. The van der Waals surface area contributed by atoms with E-state index >= 15 is 0 Å². The minimum atomic E-state index is -0.892. The van der Waals surface area contributed by atoms with Crippen LogP contribution < -0.4 is 0 Å². The monoisotopic (exact) mass is 285 g/mol. The van der Waals surface area contributed by atoms with Crippen molar-refractivity contribution in [3.63, 3.8) is 0 Å². The summed E-state index contributed by atoms with van der Waals surface area (Å²) >= 11 is 0. The first-order valence-electron chi connectivity index (χ1n) is 6.71. The van der Waals surface area contributed by atoms with Crippen LogP contribution in [0.2, 0.25) is 0 Å². The number of carbonyl (C=O) groups is 2. The third-order valence-corrected chi connectivity index (χ3v) is 3.40. The molecule has 0 saturated carbocycles. The maximum Gasteiger partial charge on any atom is 0.373 e. The van der Waals surface area contributed by atoms with Crippen molar-refractivity contribution in [3.8, 4) is 0 Å². The molecular weight excluding hydrogens is 266 g/mol. The Hall–Kier alpha value is -1.60. The molecule has 0 unspecified atom stereocenters. The summed E-state index contributed by atoms with van der Waals surface area (Å²) in [5, 5.41) is 9.44. The molecule has 112 valence electrons. The fourth-order valence-corrected chi connectivity index (χ4v) is 2.33. The average molecular weight is 285 g/mol. The molecule has 2 rings (SSSR count). The van der Waals surface area contributed by atoms with Gasteiger partial charge in [0.2, 0.25) is 5.76 Å². The van der Waals surface area contributed by atoms with Crippen LogP contribution >= 0.6 is 0 Å². The highest BCUT2D eigenvalue weighted by atomic mass is 16.7. The number of ether oxygens (including phenoxy) is 3. The maximum absolute atomic E-state index is 11.9. The molecule has 20 heavy (non-hydrogen) atoms. The van der Waals surface area contributed by atoms with Gasteiger partial charge in [-0.1, -0.05) is 0 Å². The molecule has 0 aromatic heterocycles. The molecule has 1 N–H and O–H groups in total. The Kier molecular flexibility index (Phi) is 4.61. The van der Waals surface area contributed by atoms with Gasteiger partial charge in [0.1, 0.15) is 0 Å². The number of amides is 1. The zero-order valence-electron chi connectivity index (χ0n) is 11.5. The lowest BCUT2D eigenvalue weighted by molar-refractivity contribution is -0.186. The Labute approximate surface area is 117 Å². The summed E-state index contributed by atoms with van der Waals surface area (Å²) < 4.78 is 15.7. The second-order valence-electron chi connectivity index (χ2n) is 4.68. The van der Waals surface area contributed by atoms with Crippen LogP contribution in [0.3, 0.4) is 0 Å². The van der Waals surface area contributed by atoms with Gasteiger partial charge in [-0.2, -0.15) is 0 Å². The van der Waals surface area contributed by atoms with Crippen LogP contribution in [0.1, 0.15) is 19.8 Å². The van der Waals surface area contributed by atoms with E-state index in [1.165, 1.54) is 0 Å². The van der Waals surface area contributed by atoms with Crippen LogP contribution in [0.4, 0.5) is 0 Å². The molecule has 0 bridgehead atoms. The van der Waals surface area contributed by atoms with Gasteiger partial charge in [-0.05, 0) is 6.92 Å². The third kappa shape index (κ3) is 3.29. The number of hydrogen-bond donors (Lipinski definition) is 1. The Morgan fingerprint density at radius 3 is 2.45 bits per heavy atom. The summed E-state index contributed by atoms with van der Waals surface area (Å²) in [6.45, 7) is 3.86. The number of hydrogen-bond acceptors (Lipinski definition) is 6. The highest BCUT2D eigenvalue weighted by molar-refractivity contribution is 5.96. The molecule has 2 aliphatic heterocycles. The molecule has 0 radical (unpaired) electrons. The van der Waals surface area contributed by atoms with Crippen molar-refractivity contribution in [2.75, 3.05) is 32.9 Å². The van der Waals surface area contributed by atoms with Crippen molar-refractivity contribution >= 4 is 11.9 Å². The number of aliphatic hydroxyl groups excluding tert-OH is 1. The molecule has 0 aliphatic carbocycles. The molecule has 2 aliphatic rings. The van der Waals surface area contributed by atoms with Gasteiger partial charge in [0.25, 0.3) is 5.91 Å². The fourth-order valence-electron chi connectivity index (χ4n) is 2.33. The summed E-state index contributed by atoms with van der Waals surface area (Å²) in [5.41, 5.74) is 0. The molecule has 2 fully saturated rings. The molecule has 0 aromatic carbocycles. The van der Waals surface area contributed by atoms with Gasteiger partial charge in [-0.3, -0.25) is 4.79 Å². The van der Waals surface area contributed by atoms with Gasteiger partial charge >= 0.3 is 5.97 Å². The zero-order chi connectivity index (χ0) is 14.6. The summed E-state index contributed by atoms with van der Waals surface area (Å²) in [4.78, 5) is 24.7. The Balaban J connectivity index is 1.88. The molecular formula is C13H19NO6. The Morgan fingerprint density at radius 1 is 1.30 bits per heavy atom. The first kappa shape index (κ1) is 14.8. The van der Waals surface area contributed by atoms with E-state index in [1.807, 2.05) is 0 Å². The summed E-state index contributed by atoms with van der Waals surface area (Å²) in [7, 11) is 0. The zero-order valence-corrected chi connectivity index (χ0v) is 11.5. The van der Waals surface area contributed by atoms with E-state index in [4.69, 9.17) is 9.47 Å². The largest absolute Gasteiger partial charge is 0.502 e. The van der Waals surface area contributed by atoms with Crippen LogP contribution in [0.5, 0.6) is 0 Å². The summed E-state index contributed by atoms with van der Waals surface area (Å²) in [6.07, 6.45) is 2.08. The number of piperidine rings is 1. The fraction of sp³-hybridized carbons (Fsp3) is 0.692. The highest BCUT2D eigenvalue weighted by Crippen LogP contribution is 2.31. The van der Waals surface area contributed by atoms with Crippen LogP contribution in [-0.4, -0.2) is 60.6 Å². The molecule has 7 nitrogen and oxygen atoms in total. The van der Waals surface area contributed by atoms with Crippen LogP contribution in [-0.2, 0) is 23.8 Å². The van der Waals surface area contributed by atoms with E-state index < -0.39 is 23.4 Å². The lowest BCUT2D eigenvalue weighted by Gasteiger charge is -2.37. The smallest absolute Gasteiger partial charge is 0.373 e. The van der Waals surface area contributed by atoms with Crippen molar-refractivity contribution in [2.45, 2.75) is 25.6 Å². The van der Waals surface area contributed by atoms with E-state index in [0.717, 1.165) is 6.08 Å². The Morgan fingerprint density at radius 2 is 1.90 bits per heavy atom. The summed E-state index contributed by atoms with van der Waals surface area (Å²) in [6, 6.07) is 0. The number of esters is 1. The van der Waals surface area contributed by atoms with Crippen LogP contribution in [0, 0.1) is 0 Å². The second kappa shape index (κ2) is 6.23. The van der Waals surface area contributed by atoms with Gasteiger partial charge in [0, 0.05) is 25.9 Å². The van der Waals surface area contributed by atoms with Crippen molar-refractivity contribution in [2.24, 2.45) is 0 Å². The van der Waals surface area contributed by atoms with E-state index in [9.17, 15) is 14.7 Å². The minimum absolute atomic E-state index is 0.145. The molecule has 7 heteroatoms. The van der Waals surface area contributed by atoms with E-state index in [2.05, 4.69) is 4.74 Å². The van der Waals surface area contributed by atoms with Crippen LogP contribution in [0.25, 0.3) is 0 Å². The molecule has 0 atom stereocenters. The van der Waals surface area contributed by atoms with Gasteiger partial charge in [-0.15, -0.1) is 0 Å². The van der Waals surface area contributed by atoms with Crippen molar-refractivity contribution in [1.29, 1.82) is 0 Å². The quantitative estimate of drug-likeness (QED) is 0.458. The maximum atomic E-state index is 11.9. The van der Waals surface area contributed by atoms with Crippen LogP contribution in [0.15, 0.2) is 11.8 Å². The molecule has 1 amide bonds. The Bertz CT molecular complexity index is 403. The molecule has 0 aromatic rings. The number of aliphatic hydroxyl groups is 1. The van der Waals surface area contributed by atoms with E-state index in [-0.39, 0.29) is 6.61 Å². The lowest BCUT2D eigenvalue weighted by Crippen LogP contribution is -2.47. The van der Waals surface area contributed by atoms with Gasteiger partial charge in [0.05, 0.1) is 25.9 Å². The predicted molar refractivity (Wildman–Crippen MR) is 67.8 cm³/mol. The normalized spacial score (nSPS) is 22.1. The van der Waals surface area contributed by atoms with Gasteiger partial charge < -0.3 is 24.2 Å². The first-order chi connectivity index (χ1) is 9.56.